The second-order valence-corrected chi connectivity index (χ2v) is 6.52. The summed E-state index contributed by atoms with van der Waals surface area (Å²) in [6.07, 6.45) is -11.2. The predicted molar refractivity (Wildman–Crippen MR) is 85.8 cm³/mol. The first kappa shape index (κ1) is 20.4. The Kier molecular flexibility index (Phi) is 4.45. The van der Waals surface area contributed by atoms with Gasteiger partial charge in [0.25, 0.3) is 0 Å². The molecule has 0 saturated heterocycles. The maximum Gasteiger partial charge on any atom is 0.459 e. The van der Waals surface area contributed by atoms with Crippen LogP contribution in [0.3, 0.4) is 0 Å². The van der Waals surface area contributed by atoms with E-state index < -0.39 is 47.2 Å². The summed E-state index contributed by atoms with van der Waals surface area (Å²) in [7, 11) is 0. The highest BCUT2D eigenvalue weighted by atomic mass is 35.5. The number of benzene rings is 1. The van der Waals surface area contributed by atoms with Crippen LogP contribution in [0.1, 0.15) is 11.3 Å². The van der Waals surface area contributed by atoms with E-state index in [0.717, 1.165) is 25.1 Å². The Morgan fingerprint density at radius 2 is 1.64 bits per heavy atom. The van der Waals surface area contributed by atoms with Crippen LogP contribution in [0.4, 0.5) is 35.1 Å². The highest BCUT2D eigenvalue weighted by molar-refractivity contribution is 6.37. The van der Waals surface area contributed by atoms with Crippen molar-refractivity contribution in [1.29, 1.82) is 0 Å². The topological polar surface area (TPSA) is 37.8 Å². The number of nitrogens with zero attached hydrogens (tertiary/aromatic N) is 1. The number of H-pyrrole nitrogens is 1. The second-order valence-electron chi connectivity index (χ2n) is 6.11. The number of hydrogen-bond acceptors (Lipinski definition) is 1. The van der Waals surface area contributed by atoms with Gasteiger partial charge in [-0.3, -0.25) is 4.79 Å². The first-order chi connectivity index (χ1) is 12.6. The van der Waals surface area contributed by atoms with Gasteiger partial charge in [0.05, 0.1) is 10.5 Å². The van der Waals surface area contributed by atoms with Crippen LogP contribution in [0.15, 0.2) is 23.0 Å². The van der Waals surface area contributed by atoms with Crippen molar-refractivity contribution >= 4 is 33.4 Å². The van der Waals surface area contributed by atoms with Gasteiger partial charge in [-0.05, 0) is 24.6 Å². The minimum atomic E-state index is -6.12. The number of alkyl halides is 8. The minimum absolute atomic E-state index is 0.0147. The van der Waals surface area contributed by atoms with Crippen LogP contribution < -0.4 is 5.56 Å². The van der Waals surface area contributed by atoms with E-state index in [1.54, 1.807) is 0 Å². The summed E-state index contributed by atoms with van der Waals surface area (Å²) in [6, 6.07) is 2.87. The fourth-order valence-corrected chi connectivity index (χ4v) is 3.52. The van der Waals surface area contributed by atoms with Crippen LogP contribution in [0.2, 0.25) is 5.02 Å². The first-order valence-corrected chi connectivity index (χ1v) is 7.89. The third-order valence-corrected chi connectivity index (χ3v) is 4.52. The number of halogens is 9. The lowest BCUT2D eigenvalue weighted by molar-refractivity contribution is -0.292. The number of aryl methyl sites for hydroxylation is 1. The Morgan fingerprint density at radius 3 is 2.18 bits per heavy atom. The Hall–Kier alpha value is -2.30. The number of nitrogens with one attached hydrogen (secondary N) is 1. The van der Waals surface area contributed by atoms with Gasteiger partial charge >= 0.3 is 18.3 Å². The van der Waals surface area contributed by atoms with Crippen molar-refractivity contribution in [2.45, 2.75) is 31.7 Å². The molecule has 0 aliphatic heterocycles. The summed E-state index contributed by atoms with van der Waals surface area (Å²) >= 11 is 5.95. The van der Waals surface area contributed by atoms with E-state index in [2.05, 4.69) is 4.98 Å². The van der Waals surface area contributed by atoms with Gasteiger partial charge < -0.3 is 9.55 Å². The summed E-state index contributed by atoms with van der Waals surface area (Å²) < 4.78 is 106. The average Bonchev–Trinajstić information content (AvgIpc) is 2.76. The van der Waals surface area contributed by atoms with Crippen LogP contribution in [0.25, 0.3) is 21.8 Å². The van der Waals surface area contributed by atoms with Crippen LogP contribution in [-0.2, 0) is 12.5 Å². The molecule has 0 fully saturated rings. The van der Waals surface area contributed by atoms with Gasteiger partial charge in [0, 0.05) is 22.4 Å². The molecule has 152 valence electrons. The summed E-state index contributed by atoms with van der Waals surface area (Å²) in [6.45, 7) is -1.21. The zero-order chi connectivity index (χ0) is 21.2. The molecule has 12 heteroatoms. The monoisotopic (exact) mass is 432 g/mol. The van der Waals surface area contributed by atoms with Gasteiger partial charge in [-0.1, -0.05) is 11.6 Å². The lowest BCUT2D eigenvalue weighted by atomic mass is 10.0. The summed E-state index contributed by atoms with van der Waals surface area (Å²) in [5.41, 5.74) is -3.76. The molecule has 3 nitrogen and oxygen atoms in total. The zero-order valence-electron chi connectivity index (χ0n) is 13.7. The molecule has 0 atom stereocenters. The van der Waals surface area contributed by atoms with Crippen molar-refractivity contribution in [1.82, 2.24) is 9.55 Å². The maximum atomic E-state index is 14.2. The van der Waals surface area contributed by atoms with Crippen LogP contribution in [0.5, 0.6) is 0 Å². The van der Waals surface area contributed by atoms with Crippen molar-refractivity contribution in [3.8, 4) is 0 Å². The summed E-state index contributed by atoms with van der Waals surface area (Å²) in [5, 5.41) is -0.753. The summed E-state index contributed by atoms with van der Waals surface area (Å²) in [5.74, 6) is -5.55. The molecule has 0 spiro atoms. The Morgan fingerprint density at radius 1 is 1.04 bits per heavy atom. The molecule has 0 bridgehead atoms. The van der Waals surface area contributed by atoms with Gasteiger partial charge in [-0.15, -0.1) is 0 Å². The van der Waals surface area contributed by atoms with Gasteiger partial charge in [0.15, 0.2) is 0 Å². The molecule has 2 heterocycles. The lowest BCUT2D eigenvalue weighted by Gasteiger charge is -2.23. The van der Waals surface area contributed by atoms with Gasteiger partial charge in [-0.25, -0.2) is 0 Å². The number of fused-ring (bicyclic) bond motifs is 3. The van der Waals surface area contributed by atoms with Gasteiger partial charge in [0.2, 0.25) is 5.56 Å². The van der Waals surface area contributed by atoms with Crippen LogP contribution >= 0.6 is 11.6 Å². The van der Waals surface area contributed by atoms with E-state index in [4.69, 9.17) is 11.6 Å². The molecule has 0 radical (unpaired) electrons. The number of aromatic nitrogens is 2. The molecule has 28 heavy (non-hydrogen) atoms. The molecule has 0 amide bonds. The first-order valence-electron chi connectivity index (χ1n) is 7.51. The fourth-order valence-electron chi connectivity index (χ4n) is 3.23. The highest BCUT2D eigenvalue weighted by Crippen LogP contribution is 2.49. The molecule has 0 aliphatic carbocycles. The third-order valence-electron chi connectivity index (χ3n) is 4.22. The molecule has 0 saturated carbocycles. The normalized spacial score (nSPS) is 13.6. The van der Waals surface area contributed by atoms with Crippen molar-refractivity contribution in [2.75, 3.05) is 0 Å². The SMILES string of the molecule is Cc1c(C(F)(F)C(F)(F)F)n(CC(F)(F)F)c2ccc3[nH]c(=O)cc(Cl)c3c12. The van der Waals surface area contributed by atoms with E-state index in [9.17, 15) is 39.9 Å². The molecule has 0 aliphatic rings. The lowest BCUT2D eigenvalue weighted by Crippen LogP contribution is -2.37. The Balaban J connectivity index is 2.55. The van der Waals surface area contributed by atoms with Crippen molar-refractivity contribution in [2.24, 2.45) is 0 Å². The van der Waals surface area contributed by atoms with Gasteiger partial charge in [-0.2, -0.15) is 35.1 Å². The second kappa shape index (κ2) is 6.10. The molecule has 0 unspecified atom stereocenters. The van der Waals surface area contributed by atoms with Crippen LogP contribution in [0, 0.1) is 6.92 Å². The van der Waals surface area contributed by atoms with E-state index in [-0.39, 0.29) is 25.9 Å². The minimum Gasteiger partial charge on any atom is -0.330 e. The number of rotatable bonds is 2. The van der Waals surface area contributed by atoms with E-state index in [0.29, 0.717) is 0 Å². The molecule has 1 aromatic carbocycles. The zero-order valence-corrected chi connectivity index (χ0v) is 14.5. The fraction of sp³-hybridized carbons (Fsp3) is 0.312. The molecule has 1 N–H and O–H groups in total. The average molecular weight is 433 g/mol. The standard InChI is InChI=1S/C16H9ClF8N2O/c1-6-11-9(3-2-8-12(11)7(17)4-10(28)26-8)27(5-14(18,19)20)13(6)15(21,22)16(23,24)25/h2-4H,5H2,1H3,(H,26,28). The molecule has 3 rings (SSSR count). The largest absolute Gasteiger partial charge is 0.459 e. The molecular weight excluding hydrogens is 424 g/mol. The highest BCUT2D eigenvalue weighted by Gasteiger charge is 2.61. The summed E-state index contributed by atoms with van der Waals surface area (Å²) in [4.78, 5) is 13.8. The predicted octanol–water partition coefficient (Wildman–Crippen LogP) is 5.66. The Labute approximate surface area is 155 Å². The van der Waals surface area contributed by atoms with E-state index in [1.165, 1.54) is 0 Å². The molecular formula is C16H9ClF8N2O. The molecule has 2 aromatic heterocycles. The van der Waals surface area contributed by atoms with Crippen molar-refractivity contribution in [3.63, 3.8) is 0 Å². The number of aromatic amines is 1. The molecule has 3 aromatic rings. The quantitative estimate of drug-likeness (QED) is 0.521. The maximum absolute atomic E-state index is 14.2. The van der Waals surface area contributed by atoms with Crippen LogP contribution in [-0.4, -0.2) is 21.9 Å². The van der Waals surface area contributed by atoms with E-state index in [1.807, 2.05) is 0 Å². The Bertz CT molecular complexity index is 1140. The third kappa shape index (κ3) is 3.11. The number of pyridine rings is 1. The van der Waals surface area contributed by atoms with Gasteiger partial charge in [0.1, 0.15) is 12.2 Å². The smallest absolute Gasteiger partial charge is 0.330 e. The van der Waals surface area contributed by atoms with Crippen molar-refractivity contribution in [3.05, 3.63) is 44.8 Å². The number of hydrogen-bond donors (Lipinski definition) is 1. The van der Waals surface area contributed by atoms with E-state index >= 15 is 0 Å². The van der Waals surface area contributed by atoms with Crippen molar-refractivity contribution < 1.29 is 35.1 Å².